The van der Waals surface area contributed by atoms with Crippen LogP contribution >= 0.6 is 0 Å². The summed E-state index contributed by atoms with van der Waals surface area (Å²) in [5.74, 6) is 1.42. The van der Waals surface area contributed by atoms with E-state index in [1.165, 1.54) is 6.33 Å². The first-order valence-electron chi connectivity index (χ1n) is 6.38. The SMILES string of the molecule is CCC(=O)c1ccccc1OCc1ncnn1CC. The molecule has 5 heteroatoms. The maximum atomic E-state index is 11.8. The van der Waals surface area contributed by atoms with Crippen LogP contribution in [0.5, 0.6) is 5.75 Å². The van der Waals surface area contributed by atoms with E-state index >= 15 is 0 Å². The Labute approximate surface area is 112 Å². The van der Waals surface area contributed by atoms with E-state index < -0.39 is 0 Å². The van der Waals surface area contributed by atoms with Crippen molar-refractivity contribution < 1.29 is 9.53 Å². The highest BCUT2D eigenvalue weighted by Gasteiger charge is 2.11. The van der Waals surface area contributed by atoms with E-state index in [1.807, 2.05) is 26.0 Å². The lowest BCUT2D eigenvalue weighted by Gasteiger charge is -2.10. The summed E-state index contributed by atoms with van der Waals surface area (Å²) < 4.78 is 7.47. The zero-order valence-corrected chi connectivity index (χ0v) is 11.2. The van der Waals surface area contributed by atoms with Crippen molar-refractivity contribution >= 4 is 5.78 Å². The molecule has 1 heterocycles. The molecule has 0 aliphatic rings. The van der Waals surface area contributed by atoms with Gasteiger partial charge in [0, 0.05) is 13.0 Å². The van der Waals surface area contributed by atoms with E-state index in [2.05, 4.69) is 10.1 Å². The molecule has 0 saturated carbocycles. The number of Topliss-reactive ketones (excluding diaryl/α,β-unsaturated/α-hetero) is 1. The standard InChI is InChI=1S/C14H17N3O2/c1-3-12(18)11-7-5-6-8-13(11)19-9-14-15-10-16-17(14)4-2/h5-8,10H,3-4,9H2,1-2H3. The van der Waals surface area contributed by atoms with Gasteiger partial charge in [0.15, 0.2) is 11.6 Å². The van der Waals surface area contributed by atoms with E-state index in [9.17, 15) is 4.79 Å². The van der Waals surface area contributed by atoms with Crippen LogP contribution in [0.4, 0.5) is 0 Å². The predicted molar refractivity (Wildman–Crippen MR) is 71.1 cm³/mol. The van der Waals surface area contributed by atoms with Gasteiger partial charge in [-0.3, -0.25) is 4.79 Å². The summed E-state index contributed by atoms with van der Waals surface area (Å²) in [6.45, 7) is 4.88. The van der Waals surface area contributed by atoms with Crippen LogP contribution in [0.3, 0.4) is 0 Å². The van der Waals surface area contributed by atoms with Crippen LogP contribution < -0.4 is 4.74 Å². The Morgan fingerprint density at radius 2 is 2.11 bits per heavy atom. The Balaban J connectivity index is 2.14. The molecule has 0 aliphatic heterocycles. The van der Waals surface area contributed by atoms with Crippen molar-refractivity contribution in [1.82, 2.24) is 14.8 Å². The molecule has 2 aromatic rings. The van der Waals surface area contributed by atoms with Crippen LogP contribution in [0.15, 0.2) is 30.6 Å². The molecule has 1 aromatic carbocycles. The fourth-order valence-corrected chi connectivity index (χ4v) is 1.82. The van der Waals surface area contributed by atoms with Crippen LogP contribution in [-0.4, -0.2) is 20.5 Å². The van der Waals surface area contributed by atoms with Gasteiger partial charge in [0.2, 0.25) is 0 Å². The van der Waals surface area contributed by atoms with Gasteiger partial charge < -0.3 is 4.74 Å². The first-order chi connectivity index (χ1) is 9.26. The molecular formula is C14H17N3O2. The van der Waals surface area contributed by atoms with Gasteiger partial charge in [-0.15, -0.1) is 0 Å². The summed E-state index contributed by atoms with van der Waals surface area (Å²) in [4.78, 5) is 15.9. The molecule has 0 atom stereocenters. The number of ether oxygens (including phenoxy) is 1. The van der Waals surface area contributed by atoms with Crippen molar-refractivity contribution in [3.63, 3.8) is 0 Å². The number of para-hydroxylation sites is 1. The molecule has 19 heavy (non-hydrogen) atoms. The highest BCUT2D eigenvalue weighted by atomic mass is 16.5. The molecule has 2 rings (SSSR count). The molecule has 0 radical (unpaired) electrons. The van der Waals surface area contributed by atoms with E-state index in [1.54, 1.807) is 16.8 Å². The molecule has 0 N–H and O–H groups in total. The lowest BCUT2D eigenvalue weighted by atomic mass is 10.1. The second-order valence-corrected chi connectivity index (χ2v) is 4.05. The summed E-state index contributed by atoms with van der Waals surface area (Å²) >= 11 is 0. The Morgan fingerprint density at radius 3 is 2.84 bits per heavy atom. The predicted octanol–water partition coefficient (Wildman–Crippen LogP) is 2.47. The van der Waals surface area contributed by atoms with Crippen molar-refractivity contribution in [2.24, 2.45) is 0 Å². The van der Waals surface area contributed by atoms with Gasteiger partial charge in [0.05, 0.1) is 5.56 Å². The minimum atomic E-state index is 0.0764. The maximum Gasteiger partial charge on any atom is 0.166 e. The van der Waals surface area contributed by atoms with Gasteiger partial charge in [0.1, 0.15) is 18.7 Å². The Kier molecular flexibility index (Phi) is 4.28. The zero-order chi connectivity index (χ0) is 13.7. The summed E-state index contributed by atoms with van der Waals surface area (Å²) in [6.07, 6.45) is 1.97. The third kappa shape index (κ3) is 2.99. The molecule has 0 spiro atoms. The molecule has 100 valence electrons. The van der Waals surface area contributed by atoms with E-state index in [0.717, 1.165) is 12.4 Å². The van der Waals surface area contributed by atoms with Gasteiger partial charge >= 0.3 is 0 Å². The van der Waals surface area contributed by atoms with Gasteiger partial charge in [-0.1, -0.05) is 19.1 Å². The van der Waals surface area contributed by atoms with Crippen LogP contribution in [0.1, 0.15) is 36.5 Å². The van der Waals surface area contributed by atoms with Gasteiger partial charge in [-0.05, 0) is 19.1 Å². The maximum absolute atomic E-state index is 11.8. The molecule has 5 nitrogen and oxygen atoms in total. The number of aryl methyl sites for hydroxylation is 1. The largest absolute Gasteiger partial charge is 0.485 e. The molecule has 1 aromatic heterocycles. The van der Waals surface area contributed by atoms with Crippen molar-refractivity contribution in [1.29, 1.82) is 0 Å². The van der Waals surface area contributed by atoms with Gasteiger partial charge in [-0.25, -0.2) is 9.67 Å². The Hall–Kier alpha value is -2.17. The van der Waals surface area contributed by atoms with E-state index in [4.69, 9.17) is 4.74 Å². The third-order valence-corrected chi connectivity index (χ3v) is 2.86. The first-order valence-corrected chi connectivity index (χ1v) is 6.38. The molecule has 0 fully saturated rings. The fourth-order valence-electron chi connectivity index (χ4n) is 1.82. The Bertz CT molecular complexity index is 563. The monoisotopic (exact) mass is 259 g/mol. The highest BCUT2D eigenvalue weighted by Crippen LogP contribution is 2.20. The molecule has 0 unspecified atom stereocenters. The number of carbonyl (C=O) groups is 1. The molecular weight excluding hydrogens is 242 g/mol. The number of nitrogens with zero attached hydrogens (tertiary/aromatic N) is 3. The number of hydrogen-bond acceptors (Lipinski definition) is 4. The number of aromatic nitrogens is 3. The van der Waals surface area contributed by atoms with E-state index in [-0.39, 0.29) is 5.78 Å². The quantitative estimate of drug-likeness (QED) is 0.748. The smallest absolute Gasteiger partial charge is 0.166 e. The minimum absolute atomic E-state index is 0.0764. The lowest BCUT2D eigenvalue weighted by molar-refractivity contribution is 0.0983. The number of hydrogen-bond donors (Lipinski definition) is 0. The van der Waals surface area contributed by atoms with Gasteiger partial charge in [-0.2, -0.15) is 5.10 Å². The average Bonchev–Trinajstić information content (AvgIpc) is 2.92. The second kappa shape index (κ2) is 6.13. The van der Waals surface area contributed by atoms with Crippen LogP contribution in [-0.2, 0) is 13.2 Å². The molecule has 0 aliphatic carbocycles. The summed E-state index contributed by atoms with van der Waals surface area (Å²) in [5, 5.41) is 4.08. The second-order valence-electron chi connectivity index (χ2n) is 4.05. The number of rotatable bonds is 6. The molecule has 0 amide bonds. The number of carbonyl (C=O) groups excluding carboxylic acids is 1. The van der Waals surface area contributed by atoms with Crippen molar-refractivity contribution in [3.8, 4) is 5.75 Å². The van der Waals surface area contributed by atoms with Gasteiger partial charge in [0.25, 0.3) is 0 Å². The van der Waals surface area contributed by atoms with Crippen molar-refractivity contribution in [2.75, 3.05) is 0 Å². The summed E-state index contributed by atoms with van der Waals surface area (Å²) in [5.41, 5.74) is 0.618. The summed E-state index contributed by atoms with van der Waals surface area (Å²) in [6, 6.07) is 7.28. The topological polar surface area (TPSA) is 57.0 Å². The highest BCUT2D eigenvalue weighted by molar-refractivity contribution is 5.98. The van der Waals surface area contributed by atoms with Crippen molar-refractivity contribution in [2.45, 2.75) is 33.4 Å². The van der Waals surface area contributed by atoms with E-state index in [0.29, 0.717) is 24.3 Å². The molecule has 0 saturated heterocycles. The normalized spacial score (nSPS) is 10.4. The lowest BCUT2D eigenvalue weighted by Crippen LogP contribution is -2.09. The van der Waals surface area contributed by atoms with Crippen molar-refractivity contribution in [3.05, 3.63) is 42.0 Å². The zero-order valence-electron chi connectivity index (χ0n) is 11.2. The molecule has 0 bridgehead atoms. The summed E-state index contributed by atoms with van der Waals surface area (Å²) in [7, 11) is 0. The number of benzene rings is 1. The third-order valence-electron chi connectivity index (χ3n) is 2.86. The minimum Gasteiger partial charge on any atom is -0.485 e. The van der Waals surface area contributed by atoms with Crippen LogP contribution in [0.25, 0.3) is 0 Å². The first kappa shape index (κ1) is 13.3. The number of ketones is 1. The fraction of sp³-hybridized carbons (Fsp3) is 0.357. The Morgan fingerprint density at radius 1 is 1.32 bits per heavy atom. The van der Waals surface area contributed by atoms with Crippen LogP contribution in [0.2, 0.25) is 0 Å². The average molecular weight is 259 g/mol. The van der Waals surface area contributed by atoms with Crippen LogP contribution in [0, 0.1) is 0 Å².